The highest BCUT2D eigenvalue weighted by Crippen LogP contribution is 2.43. The van der Waals surface area contributed by atoms with Gasteiger partial charge in [-0.05, 0) is 83.9 Å². The monoisotopic (exact) mass is 1280 g/mol. The van der Waals surface area contributed by atoms with Crippen LogP contribution in [-0.4, -0.2) is 104 Å². The van der Waals surface area contributed by atoms with Crippen LogP contribution in [0.15, 0.2) is 212 Å². The van der Waals surface area contributed by atoms with Crippen molar-refractivity contribution in [2.75, 3.05) is 19.8 Å². The quantitative estimate of drug-likeness (QED) is 0.0356. The fraction of sp³-hybridized carbons (Fsp3) is 0.469. The second-order valence-corrected chi connectivity index (χ2v) is 25.9. The van der Waals surface area contributed by atoms with Gasteiger partial charge in [-0.15, -0.1) is 0 Å². The summed E-state index contributed by atoms with van der Waals surface area (Å²) in [5, 5.41) is 12.8. The lowest BCUT2D eigenvalue weighted by Crippen LogP contribution is -2.63. The molecule has 0 unspecified atom stereocenters. The standard InChI is InChI=1S/C81H101NO12/c1-60-78(88-54-65-38-22-12-23-39-65)81(91-57-68-44-28-15-29-45-68)80(90-56-67-42-26-14-27-43-67)74(92-60)49-69-48-73(87-53-64-36-20-11-21-37-64)76(59-86-52-63-34-18-10-19-35-63)94-72(69)50-70-75(58-85-51-62-32-16-9-17-33-62)93-71(46-30-7-5-3-4-6-8-31-47-83)77(82-61(2)84)79(70)89-55-66-40-24-13-25-41-66/h9-29,32-45,60,69-81,83H,3-8,30-31,46-59H2,1-2H3,(H,82,84)/t60-,69-,70+,71-,72-,73+,74-,75+,76+,77-,78+,79-,80+,81+/m0/s1. The smallest absolute Gasteiger partial charge is 0.217 e. The summed E-state index contributed by atoms with van der Waals surface area (Å²) < 4.78 is 72.2. The zero-order valence-electron chi connectivity index (χ0n) is 55.3. The number of ether oxygens (including phenoxy) is 10. The largest absolute Gasteiger partial charge is 0.396 e. The average Bonchev–Trinajstić information content (AvgIpc) is 0.800. The summed E-state index contributed by atoms with van der Waals surface area (Å²) in [5.74, 6) is -0.682. The molecule has 7 aromatic rings. The van der Waals surface area contributed by atoms with Gasteiger partial charge in [-0.25, -0.2) is 0 Å². The molecule has 0 radical (unpaired) electrons. The molecular weight excluding hydrogens is 1180 g/mol. The van der Waals surface area contributed by atoms with Gasteiger partial charge in [0, 0.05) is 19.4 Å². The Morgan fingerprint density at radius 2 is 0.787 bits per heavy atom. The van der Waals surface area contributed by atoms with Gasteiger partial charge in [-0.2, -0.15) is 0 Å². The molecule has 7 aromatic carbocycles. The van der Waals surface area contributed by atoms with Crippen LogP contribution in [0.5, 0.6) is 0 Å². The third kappa shape index (κ3) is 22.3. The topological polar surface area (TPSA) is 142 Å². The Morgan fingerprint density at radius 1 is 0.404 bits per heavy atom. The maximum atomic E-state index is 13.8. The van der Waals surface area contributed by atoms with Crippen molar-refractivity contribution in [3.8, 4) is 0 Å². The zero-order chi connectivity index (χ0) is 64.8. The number of aliphatic hydroxyl groups is 1. The van der Waals surface area contributed by atoms with E-state index >= 15 is 0 Å². The molecule has 3 aliphatic heterocycles. The van der Waals surface area contributed by atoms with Gasteiger partial charge in [0.15, 0.2) is 0 Å². The molecule has 0 spiro atoms. The van der Waals surface area contributed by atoms with Crippen molar-refractivity contribution in [1.29, 1.82) is 0 Å². The lowest BCUT2D eigenvalue weighted by atomic mass is 9.75. The normalized spacial score (nSPS) is 25.4. The second kappa shape index (κ2) is 39.0. The Balaban J connectivity index is 1.03. The van der Waals surface area contributed by atoms with E-state index in [9.17, 15) is 9.90 Å². The van der Waals surface area contributed by atoms with Gasteiger partial charge in [0.1, 0.15) is 24.4 Å². The van der Waals surface area contributed by atoms with Crippen molar-refractivity contribution in [2.24, 2.45) is 11.8 Å². The van der Waals surface area contributed by atoms with Crippen LogP contribution >= 0.6 is 0 Å². The van der Waals surface area contributed by atoms with E-state index < -0.39 is 61.0 Å². The first-order valence-electron chi connectivity index (χ1n) is 34.7. The van der Waals surface area contributed by atoms with E-state index in [0.29, 0.717) is 65.5 Å². The highest BCUT2D eigenvalue weighted by Gasteiger charge is 2.53. The molecule has 502 valence electrons. The molecule has 0 aliphatic carbocycles. The maximum absolute atomic E-state index is 13.8. The SMILES string of the molecule is CC(=O)N[C@@H]1[C@@H](OCc2ccccc2)[C@H](C[C@@H]2O[C@H](COCc3ccccc3)[C@H](OCc3ccccc3)C[C@H]2C[C@@H]2O[C@@H](C)[C@@H](OCc3ccccc3)[C@@H](OCc3ccccc3)[C@@H]2OCc2ccccc2)[C@@H](COCc2ccccc2)O[C@H]1CCCCCCCCCCO. The summed E-state index contributed by atoms with van der Waals surface area (Å²) in [6.07, 6.45) is 5.56. The molecule has 94 heavy (non-hydrogen) atoms. The van der Waals surface area contributed by atoms with E-state index in [-0.39, 0.29) is 49.8 Å². The Hall–Kier alpha value is -6.43. The molecule has 0 bridgehead atoms. The first kappa shape index (κ1) is 70.4. The van der Waals surface area contributed by atoms with Gasteiger partial charge in [0.25, 0.3) is 0 Å². The number of rotatable bonds is 38. The Labute approximate surface area is 559 Å². The van der Waals surface area contributed by atoms with Crippen LogP contribution < -0.4 is 5.32 Å². The van der Waals surface area contributed by atoms with Gasteiger partial charge >= 0.3 is 0 Å². The predicted octanol–water partition coefficient (Wildman–Crippen LogP) is 15.1. The van der Waals surface area contributed by atoms with Crippen molar-refractivity contribution in [3.63, 3.8) is 0 Å². The zero-order valence-corrected chi connectivity index (χ0v) is 55.3. The van der Waals surface area contributed by atoms with Crippen LogP contribution in [0.2, 0.25) is 0 Å². The minimum atomic E-state index is -0.590. The van der Waals surface area contributed by atoms with E-state index in [1.54, 1.807) is 6.92 Å². The molecule has 14 atom stereocenters. The number of hydrogen-bond acceptors (Lipinski definition) is 12. The number of carbonyl (C=O) groups excluding carboxylic acids is 1. The Morgan fingerprint density at radius 3 is 1.24 bits per heavy atom. The predicted molar refractivity (Wildman–Crippen MR) is 366 cm³/mol. The van der Waals surface area contributed by atoms with Crippen LogP contribution in [0.3, 0.4) is 0 Å². The third-order valence-electron chi connectivity index (χ3n) is 18.7. The summed E-state index contributed by atoms with van der Waals surface area (Å²) >= 11 is 0. The molecule has 0 saturated carbocycles. The molecule has 3 heterocycles. The van der Waals surface area contributed by atoms with Gasteiger partial charge in [-0.3, -0.25) is 4.79 Å². The molecule has 3 aliphatic rings. The fourth-order valence-electron chi connectivity index (χ4n) is 13.8. The highest BCUT2D eigenvalue weighted by atomic mass is 16.6. The second-order valence-electron chi connectivity index (χ2n) is 25.9. The van der Waals surface area contributed by atoms with Crippen LogP contribution in [0.1, 0.15) is 130 Å². The first-order valence-corrected chi connectivity index (χ1v) is 34.7. The number of nitrogens with one attached hydrogen (secondary N) is 1. The molecule has 2 N–H and O–H groups in total. The van der Waals surface area contributed by atoms with Crippen molar-refractivity contribution in [3.05, 3.63) is 251 Å². The number of carbonyl (C=O) groups is 1. The number of hydrogen-bond donors (Lipinski definition) is 2. The van der Waals surface area contributed by atoms with Crippen LogP contribution in [0, 0.1) is 11.8 Å². The molecule has 13 nitrogen and oxygen atoms in total. The van der Waals surface area contributed by atoms with Gasteiger partial charge in [-0.1, -0.05) is 257 Å². The van der Waals surface area contributed by atoms with E-state index in [1.807, 2.05) is 127 Å². The average molecular weight is 1280 g/mol. The number of aliphatic hydroxyl groups excluding tert-OH is 1. The van der Waals surface area contributed by atoms with Gasteiger partial charge in [0.2, 0.25) is 5.91 Å². The fourth-order valence-corrected chi connectivity index (χ4v) is 13.8. The van der Waals surface area contributed by atoms with E-state index in [2.05, 4.69) is 97.2 Å². The Kier molecular flexibility index (Phi) is 29.2. The number of amides is 1. The molecule has 10 rings (SSSR count). The van der Waals surface area contributed by atoms with Crippen molar-refractivity contribution >= 4 is 5.91 Å². The van der Waals surface area contributed by atoms with E-state index in [1.165, 1.54) is 0 Å². The minimum Gasteiger partial charge on any atom is -0.396 e. The highest BCUT2D eigenvalue weighted by molar-refractivity contribution is 5.73. The number of benzene rings is 7. The summed E-state index contributed by atoms with van der Waals surface area (Å²) in [6.45, 7) is 7.06. The lowest BCUT2D eigenvalue weighted by Gasteiger charge is -2.51. The van der Waals surface area contributed by atoms with Crippen molar-refractivity contribution in [2.45, 2.75) is 210 Å². The maximum Gasteiger partial charge on any atom is 0.217 e. The first-order chi connectivity index (χ1) is 46.3. The summed E-state index contributed by atoms with van der Waals surface area (Å²) in [7, 11) is 0. The molecular formula is C81H101NO12. The molecule has 1 amide bonds. The van der Waals surface area contributed by atoms with Crippen molar-refractivity contribution in [1.82, 2.24) is 5.32 Å². The van der Waals surface area contributed by atoms with Crippen LogP contribution in [0.25, 0.3) is 0 Å². The molecule has 13 heteroatoms. The summed E-state index contributed by atoms with van der Waals surface area (Å²) in [6, 6.07) is 71.5. The third-order valence-corrected chi connectivity index (χ3v) is 18.7. The summed E-state index contributed by atoms with van der Waals surface area (Å²) in [4.78, 5) is 13.8. The summed E-state index contributed by atoms with van der Waals surface area (Å²) in [5.41, 5.74) is 7.36. The molecule has 3 saturated heterocycles. The van der Waals surface area contributed by atoms with E-state index in [0.717, 1.165) is 96.7 Å². The molecule has 0 aromatic heterocycles. The van der Waals surface area contributed by atoms with Crippen LogP contribution in [-0.2, 0) is 98.4 Å². The van der Waals surface area contributed by atoms with Gasteiger partial charge in [0.05, 0.1) is 108 Å². The Bertz CT molecular complexity index is 3140. The van der Waals surface area contributed by atoms with Crippen LogP contribution in [0.4, 0.5) is 0 Å². The number of unbranched alkanes of at least 4 members (excludes halogenated alkanes) is 7. The van der Waals surface area contributed by atoms with E-state index in [4.69, 9.17) is 47.4 Å². The lowest BCUT2D eigenvalue weighted by molar-refractivity contribution is -0.270. The minimum absolute atomic E-state index is 0.145. The van der Waals surface area contributed by atoms with Gasteiger partial charge < -0.3 is 57.8 Å². The molecule has 3 fully saturated rings. The van der Waals surface area contributed by atoms with Crippen molar-refractivity contribution < 1.29 is 57.3 Å².